The molecule has 0 radical (unpaired) electrons. The molecule has 0 saturated heterocycles. The molecule has 16 heavy (non-hydrogen) atoms. The molecule has 1 rings (SSSR count). The number of aryl methyl sites for hydroxylation is 1. The summed E-state index contributed by atoms with van der Waals surface area (Å²) in [5.74, 6) is 0. The normalized spacial score (nSPS) is 10.2. The molecule has 0 amide bonds. The van der Waals surface area contributed by atoms with E-state index in [2.05, 4.69) is 48.7 Å². The largest absolute Gasteiger partial charge is 0.363 e. The fourth-order valence-electron chi connectivity index (χ4n) is 1.45. The standard InChI is InChI=1S/C13H20N2S/c1-11(2)15-13(16)14-10-6-9-12-7-4-3-5-8-12/h3-5,7-8,11H,6,9-10H2,1-2H3,(H2,14,15,16). The molecule has 0 aliphatic carbocycles. The fraction of sp³-hybridized carbons (Fsp3) is 0.462. The minimum atomic E-state index is 0.397. The van der Waals surface area contributed by atoms with Gasteiger partial charge in [0.1, 0.15) is 0 Å². The minimum absolute atomic E-state index is 0.397. The van der Waals surface area contributed by atoms with Gasteiger partial charge < -0.3 is 10.6 Å². The number of thiocarbonyl (C=S) groups is 1. The van der Waals surface area contributed by atoms with E-state index in [1.165, 1.54) is 5.56 Å². The van der Waals surface area contributed by atoms with Gasteiger partial charge in [-0.1, -0.05) is 30.3 Å². The molecule has 0 aliphatic rings. The van der Waals surface area contributed by atoms with Crippen molar-refractivity contribution < 1.29 is 0 Å². The number of benzene rings is 1. The summed E-state index contributed by atoms with van der Waals surface area (Å²) in [5.41, 5.74) is 1.38. The maximum Gasteiger partial charge on any atom is 0.166 e. The lowest BCUT2D eigenvalue weighted by atomic mass is 10.1. The van der Waals surface area contributed by atoms with Crippen molar-refractivity contribution in [3.63, 3.8) is 0 Å². The molecule has 2 nitrogen and oxygen atoms in total. The van der Waals surface area contributed by atoms with Crippen LogP contribution in [0.25, 0.3) is 0 Å². The van der Waals surface area contributed by atoms with Gasteiger partial charge in [0.25, 0.3) is 0 Å². The van der Waals surface area contributed by atoms with Crippen molar-refractivity contribution in [2.75, 3.05) is 6.54 Å². The summed E-state index contributed by atoms with van der Waals surface area (Å²) in [5, 5.41) is 7.12. The second kappa shape index (κ2) is 7.23. The molecule has 0 saturated carbocycles. The van der Waals surface area contributed by atoms with Crippen LogP contribution >= 0.6 is 12.2 Å². The predicted molar refractivity (Wildman–Crippen MR) is 73.6 cm³/mol. The lowest BCUT2D eigenvalue weighted by molar-refractivity contribution is 0.698. The minimum Gasteiger partial charge on any atom is -0.363 e. The van der Waals surface area contributed by atoms with E-state index in [1.54, 1.807) is 0 Å². The first-order chi connectivity index (χ1) is 7.68. The van der Waals surface area contributed by atoms with Gasteiger partial charge in [-0.3, -0.25) is 0 Å². The first-order valence-corrected chi connectivity index (χ1v) is 6.17. The molecule has 0 aromatic heterocycles. The van der Waals surface area contributed by atoms with Crippen LogP contribution in [0.15, 0.2) is 30.3 Å². The van der Waals surface area contributed by atoms with Crippen molar-refractivity contribution in [2.45, 2.75) is 32.7 Å². The second-order valence-electron chi connectivity index (χ2n) is 4.14. The topological polar surface area (TPSA) is 24.1 Å². The molecule has 0 fully saturated rings. The molecule has 0 bridgehead atoms. The van der Waals surface area contributed by atoms with Crippen LogP contribution in [0.5, 0.6) is 0 Å². The smallest absolute Gasteiger partial charge is 0.166 e. The van der Waals surface area contributed by atoms with Gasteiger partial charge >= 0.3 is 0 Å². The van der Waals surface area contributed by atoms with Crippen LogP contribution < -0.4 is 10.6 Å². The zero-order chi connectivity index (χ0) is 11.8. The monoisotopic (exact) mass is 236 g/mol. The van der Waals surface area contributed by atoms with Gasteiger partial charge in [-0.05, 0) is 44.5 Å². The van der Waals surface area contributed by atoms with Crippen LogP contribution in [0.3, 0.4) is 0 Å². The maximum atomic E-state index is 5.14. The summed E-state index contributed by atoms with van der Waals surface area (Å²) in [6.07, 6.45) is 2.20. The molecule has 1 aromatic carbocycles. The molecule has 0 heterocycles. The van der Waals surface area contributed by atoms with E-state index in [-0.39, 0.29) is 0 Å². The Bertz CT molecular complexity index is 309. The van der Waals surface area contributed by atoms with E-state index in [1.807, 2.05) is 6.07 Å². The maximum absolute atomic E-state index is 5.14. The number of nitrogens with one attached hydrogen (secondary N) is 2. The molecular formula is C13H20N2S. The molecule has 0 spiro atoms. The van der Waals surface area contributed by atoms with Crippen LogP contribution in [0, 0.1) is 0 Å². The lowest BCUT2D eigenvalue weighted by Gasteiger charge is -2.12. The van der Waals surface area contributed by atoms with Gasteiger partial charge in [-0.15, -0.1) is 0 Å². The summed E-state index contributed by atoms with van der Waals surface area (Å²) in [6.45, 7) is 5.09. The Morgan fingerprint density at radius 1 is 1.25 bits per heavy atom. The fourth-order valence-corrected chi connectivity index (χ4v) is 1.79. The summed E-state index contributed by atoms with van der Waals surface area (Å²) in [6, 6.07) is 10.9. The predicted octanol–water partition coefficient (Wildman–Crippen LogP) is 2.49. The van der Waals surface area contributed by atoms with Gasteiger partial charge in [0.05, 0.1) is 0 Å². The third-order valence-electron chi connectivity index (χ3n) is 2.19. The van der Waals surface area contributed by atoms with Gasteiger partial charge in [0, 0.05) is 12.6 Å². The van der Waals surface area contributed by atoms with Gasteiger partial charge in [0.15, 0.2) is 5.11 Å². The molecular weight excluding hydrogens is 216 g/mol. The second-order valence-corrected chi connectivity index (χ2v) is 4.55. The number of hydrogen-bond acceptors (Lipinski definition) is 1. The zero-order valence-electron chi connectivity index (χ0n) is 9.99. The van der Waals surface area contributed by atoms with Crippen molar-refractivity contribution in [2.24, 2.45) is 0 Å². The van der Waals surface area contributed by atoms with Gasteiger partial charge in [-0.2, -0.15) is 0 Å². The lowest BCUT2D eigenvalue weighted by Crippen LogP contribution is -2.39. The van der Waals surface area contributed by atoms with E-state index in [0.717, 1.165) is 24.5 Å². The van der Waals surface area contributed by atoms with Crippen LogP contribution in [-0.4, -0.2) is 17.7 Å². The molecule has 1 aromatic rings. The first-order valence-electron chi connectivity index (χ1n) is 5.77. The van der Waals surface area contributed by atoms with Crippen molar-refractivity contribution in [1.29, 1.82) is 0 Å². The van der Waals surface area contributed by atoms with E-state index in [0.29, 0.717) is 6.04 Å². The third kappa shape index (κ3) is 5.71. The van der Waals surface area contributed by atoms with Crippen molar-refractivity contribution >= 4 is 17.3 Å². The zero-order valence-corrected chi connectivity index (χ0v) is 10.8. The average molecular weight is 236 g/mol. The molecule has 3 heteroatoms. The summed E-state index contributed by atoms with van der Waals surface area (Å²) in [4.78, 5) is 0. The van der Waals surface area contributed by atoms with Crippen molar-refractivity contribution in [3.8, 4) is 0 Å². The Labute approximate surface area is 103 Å². The summed E-state index contributed by atoms with van der Waals surface area (Å²) in [7, 11) is 0. The highest BCUT2D eigenvalue weighted by molar-refractivity contribution is 7.80. The highest BCUT2D eigenvalue weighted by Gasteiger charge is 1.97. The Hall–Kier alpha value is -1.09. The Morgan fingerprint density at radius 3 is 2.56 bits per heavy atom. The Balaban J connectivity index is 2.10. The molecule has 0 unspecified atom stereocenters. The quantitative estimate of drug-likeness (QED) is 0.607. The van der Waals surface area contributed by atoms with E-state index >= 15 is 0 Å². The Morgan fingerprint density at radius 2 is 1.94 bits per heavy atom. The molecule has 2 N–H and O–H groups in total. The van der Waals surface area contributed by atoms with Crippen molar-refractivity contribution in [1.82, 2.24) is 10.6 Å². The Kier molecular flexibility index (Phi) is 5.86. The van der Waals surface area contributed by atoms with Crippen LogP contribution in [0.2, 0.25) is 0 Å². The van der Waals surface area contributed by atoms with Gasteiger partial charge in [-0.25, -0.2) is 0 Å². The van der Waals surface area contributed by atoms with Gasteiger partial charge in [0.2, 0.25) is 0 Å². The third-order valence-corrected chi connectivity index (χ3v) is 2.45. The molecule has 0 atom stereocenters. The molecule has 88 valence electrons. The van der Waals surface area contributed by atoms with Crippen LogP contribution in [0.4, 0.5) is 0 Å². The SMILES string of the molecule is CC(C)NC(=S)NCCCc1ccccc1. The number of rotatable bonds is 5. The summed E-state index contributed by atoms with van der Waals surface area (Å²) < 4.78 is 0. The molecule has 0 aliphatic heterocycles. The van der Waals surface area contributed by atoms with E-state index in [9.17, 15) is 0 Å². The highest BCUT2D eigenvalue weighted by Crippen LogP contribution is 2.01. The van der Waals surface area contributed by atoms with Crippen LogP contribution in [-0.2, 0) is 6.42 Å². The average Bonchev–Trinajstić information content (AvgIpc) is 2.25. The highest BCUT2D eigenvalue weighted by atomic mass is 32.1. The summed E-state index contributed by atoms with van der Waals surface area (Å²) >= 11 is 5.14. The van der Waals surface area contributed by atoms with Crippen molar-refractivity contribution in [3.05, 3.63) is 35.9 Å². The van der Waals surface area contributed by atoms with Crippen LogP contribution in [0.1, 0.15) is 25.8 Å². The van der Waals surface area contributed by atoms with E-state index < -0.39 is 0 Å². The first kappa shape index (κ1) is 13.0. The van der Waals surface area contributed by atoms with E-state index in [4.69, 9.17) is 12.2 Å². The number of hydrogen-bond donors (Lipinski definition) is 2.